The second kappa shape index (κ2) is 4.02. The van der Waals surface area contributed by atoms with Gasteiger partial charge >= 0.3 is 11.9 Å². The van der Waals surface area contributed by atoms with Crippen molar-refractivity contribution in [2.45, 2.75) is 19.4 Å². The molecule has 0 bridgehead atoms. The Kier molecular flexibility index (Phi) is 2.73. The van der Waals surface area contributed by atoms with E-state index in [-0.39, 0.29) is 0 Å². The van der Waals surface area contributed by atoms with Gasteiger partial charge in [0.2, 0.25) is 6.10 Å². The van der Waals surface area contributed by atoms with Crippen LogP contribution in [0, 0.1) is 6.92 Å². The van der Waals surface area contributed by atoms with Crippen molar-refractivity contribution < 1.29 is 19.1 Å². The fraction of sp³-hybridized carbons (Fsp3) is 0.400. The van der Waals surface area contributed by atoms with E-state index < -0.39 is 18.0 Å². The van der Waals surface area contributed by atoms with Crippen LogP contribution in [0.1, 0.15) is 21.7 Å². The van der Waals surface area contributed by atoms with Crippen LogP contribution in [0.3, 0.4) is 0 Å². The van der Waals surface area contributed by atoms with Gasteiger partial charge in [0, 0.05) is 6.42 Å². The summed E-state index contributed by atoms with van der Waals surface area (Å²) in [5.74, 6) is -0.885. The van der Waals surface area contributed by atoms with Crippen molar-refractivity contribution in [3.63, 3.8) is 0 Å². The highest BCUT2D eigenvalue weighted by Gasteiger charge is 2.31. The molecule has 0 radical (unpaired) electrons. The third-order valence-corrected chi connectivity index (χ3v) is 3.18. The molecule has 1 aliphatic heterocycles. The van der Waals surface area contributed by atoms with Crippen molar-refractivity contribution in [2.24, 2.45) is 0 Å². The fourth-order valence-electron chi connectivity index (χ4n) is 1.35. The number of aryl methyl sites for hydroxylation is 1. The SMILES string of the molecule is Cc1ccsc1C(=O)O[C@@H]1CCOC1=O. The number of cyclic esters (lactones) is 1. The monoisotopic (exact) mass is 226 g/mol. The van der Waals surface area contributed by atoms with Gasteiger partial charge in [0.05, 0.1) is 6.61 Å². The summed E-state index contributed by atoms with van der Waals surface area (Å²) in [5.41, 5.74) is 0.872. The summed E-state index contributed by atoms with van der Waals surface area (Å²) >= 11 is 1.32. The van der Waals surface area contributed by atoms with Crippen LogP contribution in [0.2, 0.25) is 0 Å². The van der Waals surface area contributed by atoms with E-state index in [1.165, 1.54) is 11.3 Å². The molecule has 0 aliphatic carbocycles. The number of rotatable bonds is 2. The Labute approximate surface area is 90.8 Å². The standard InChI is InChI=1S/C10H10O4S/c1-6-3-5-15-8(6)10(12)14-7-2-4-13-9(7)11/h3,5,7H,2,4H2,1H3/t7-/m1/s1. The first-order chi connectivity index (χ1) is 7.18. The highest BCUT2D eigenvalue weighted by molar-refractivity contribution is 7.12. The highest BCUT2D eigenvalue weighted by Crippen LogP contribution is 2.19. The van der Waals surface area contributed by atoms with Gasteiger partial charge in [-0.1, -0.05) is 0 Å². The van der Waals surface area contributed by atoms with Crippen LogP contribution in [0.4, 0.5) is 0 Å². The number of hydrogen-bond donors (Lipinski definition) is 0. The van der Waals surface area contributed by atoms with Crippen LogP contribution in [-0.4, -0.2) is 24.6 Å². The lowest BCUT2D eigenvalue weighted by Crippen LogP contribution is -2.22. The molecule has 1 aromatic heterocycles. The number of carbonyl (C=O) groups is 2. The molecule has 0 saturated carbocycles. The van der Waals surface area contributed by atoms with Crippen LogP contribution in [0.15, 0.2) is 11.4 Å². The summed E-state index contributed by atoms with van der Waals surface area (Å²) in [5, 5.41) is 1.82. The number of ether oxygens (including phenoxy) is 2. The Hall–Kier alpha value is -1.36. The molecule has 1 atom stereocenters. The second-order valence-electron chi connectivity index (χ2n) is 3.28. The fourth-order valence-corrected chi connectivity index (χ4v) is 2.16. The lowest BCUT2D eigenvalue weighted by Gasteiger charge is -2.07. The summed E-state index contributed by atoms with van der Waals surface area (Å²) in [4.78, 5) is 23.2. The Morgan fingerprint density at radius 1 is 1.67 bits per heavy atom. The van der Waals surface area contributed by atoms with Crippen molar-refractivity contribution in [1.29, 1.82) is 0 Å². The molecule has 0 spiro atoms. The molecule has 1 saturated heterocycles. The summed E-state index contributed by atoms with van der Waals surface area (Å²) < 4.78 is 9.75. The lowest BCUT2D eigenvalue weighted by atomic mass is 10.3. The molecule has 15 heavy (non-hydrogen) atoms. The largest absolute Gasteiger partial charge is 0.463 e. The van der Waals surface area contributed by atoms with E-state index in [0.29, 0.717) is 17.9 Å². The van der Waals surface area contributed by atoms with E-state index in [2.05, 4.69) is 0 Å². The number of hydrogen-bond acceptors (Lipinski definition) is 5. The summed E-state index contributed by atoms with van der Waals surface area (Å²) in [6.07, 6.45) is -0.270. The molecule has 0 unspecified atom stereocenters. The van der Waals surface area contributed by atoms with E-state index in [1.54, 1.807) is 0 Å². The second-order valence-corrected chi connectivity index (χ2v) is 4.20. The molecule has 2 heterocycles. The molecule has 1 aliphatic rings. The van der Waals surface area contributed by atoms with Crippen LogP contribution in [-0.2, 0) is 14.3 Å². The van der Waals surface area contributed by atoms with Crippen LogP contribution in [0.25, 0.3) is 0 Å². The first kappa shape index (κ1) is 10.2. The molecule has 2 rings (SSSR count). The molecule has 80 valence electrons. The molecule has 5 heteroatoms. The number of esters is 2. The van der Waals surface area contributed by atoms with Gasteiger partial charge in [0.15, 0.2) is 0 Å². The predicted molar refractivity (Wildman–Crippen MR) is 53.8 cm³/mol. The smallest absolute Gasteiger partial charge is 0.349 e. The molecule has 1 aromatic rings. The van der Waals surface area contributed by atoms with Crippen molar-refractivity contribution in [1.82, 2.24) is 0 Å². The van der Waals surface area contributed by atoms with Gasteiger partial charge in [-0.15, -0.1) is 11.3 Å². The quantitative estimate of drug-likeness (QED) is 0.717. The van der Waals surface area contributed by atoms with E-state index in [9.17, 15) is 9.59 Å². The van der Waals surface area contributed by atoms with E-state index in [0.717, 1.165) is 5.56 Å². The van der Waals surface area contributed by atoms with Gasteiger partial charge in [-0.2, -0.15) is 0 Å². The van der Waals surface area contributed by atoms with Crippen LogP contribution in [0.5, 0.6) is 0 Å². The highest BCUT2D eigenvalue weighted by atomic mass is 32.1. The maximum Gasteiger partial charge on any atom is 0.349 e. The maximum absolute atomic E-state index is 11.6. The minimum absolute atomic E-state index is 0.334. The molecule has 1 fully saturated rings. The first-order valence-electron chi connectivity index (χ1n) is 4.60. The minimum atomic E-state index is -0.723. The van der Waals surface area contributed by atoms with E-state index in [4.69, 9.17) is 9.47 Å². The summed E-state index contributed by atoms with van der Waals surface area (Å²) in [7, 11) is 0. The van der Waals surface area contributed by atoms with Crippen molar-refractivity contribution in [3.8, 4) is 0 Å². The average molecular weight is 226 g/mol. The number of carbonyl (C=O) groups excluding carboxylic acids is 2. The Morgan fingerprint density at radius 3 is 3.00 bits per heavy atom. The topological polar surface area (TPSA) is 52.6 Å². The Morgan fingerprint density at radius 2 is 2.47 bits per heavy atom. The van der Waals surface area contributed by atoms with Gasteiger partial charge in [0.25, 0.3) is 0 Å². The zero-order chi connectivity index (χ0) is 10.8. The van der Waals surface area contributed by atoms with Crippen molar-refractivity contribution in [2.75, 3.05) is 6.61 Å². The zero-order valence-electron chi connectivity index (χ0n) is 8.19. The van der Waals surface area contributed by atoms with Gasteiger partial charge < -0.3 is 9.47 Å². The van der Waals surface area contributed by atoms with E-state index in [1.807, 2.05) is 18.4 Å². The third-order valence-electron chi connectivity index (χ3n) is 2.18. The summed E-state index contributed by atoms with van der Waals surface area (Å²) in [6.45, 7) is 2.17. The average Bonchev–Trinajstić information content (AvgIpc) is 2.76. The van der Waals surface area contributed by atoms with Crippen molar-refractivity contribution >= 4 is 23.3 Å². The normalized spacial score (nSPS) is 20.1. The molecular weight excluding hydrogens is 216 g/mol. The Balaban J connectivity index is 2.04. The molecule has 0 aromatic carbocycles. The van der Waals surface area contributed by atoms with Gasteiger partial charge in [0.1, 0.15) is 4.88 Å². The minimum Gasteiger partial charge on any atom is -0.463 e. The van der Waals surface area contributed by atoms with Crippen LogP contribution < -0.4 is 0 Å². The van der Waals surface area contributed by atoms with Crippen LogP contribution >= 0.6 is 11.3 Å². The molecular formula is C10H10O4S. The van der Waals surface area contributed by atoms with Gasteiger partial charge in [-0.25, -0.2) is 9.59 Å². The third kappa shape index (κ3) is 2.02. The number of thiophene rings is 1. The van der Waals surface area contributed by atoms with E-state index >= 15 is 0 Å². The van der Waals surface area contributed by atoms with Gasteiger partial charge in [-0.3, -0.25) is 0 Å². The Bertz CT molecular complexity index is 396. The van der Waals surface area contributed by atoms with Crippen molar-refractivity contribution in [3.05, 3.63) is 21.9 Å². The van der Waals surface area contributed by atoms with Gasteiger partial charge in [-0.05, 0) is 23.9 Å². The maximum atomic E-state index is 11.6. The first-order valence-corrected chi connectivity index (χ1v) is 5.48. The molecule has 0 amide bonds. The lowest BCUT2D eigenvalue weighted by molar-refractivity contribution is -0.145. The molecule has 0 N–H and O–H groups in total. The zero-order valence-corrected chi connectivity index (χ0v) is 9.00. The predicted octanol–water partition coefficient (Wildman–Crippen LogP) is 1.53. The molecule has 4 nitrogen and oxygen atoms in total. The summed E-state index contributed by atoms with van der Waals surface area (Å²) in [6, 6.07) is 1.84.